The molecule has 0 aromatic rings. The summed E-state index contributed by atoms with van der Waals surface area (Å²) in [5.74, 6) is -5.77. The second-order valence-electron chi connectivity index (χ2n) is 7.69. The Morgan fingerprint density at radius 1 is 0.649 bits per heavy atom. The van der Waals surface area contributed by atoms with Crippen molar-refractivity contribution in [1.29, 1.82) is 0 Å². The van der Waals surface area contributed by atoms with Gasteiger partial charge >= 0.3 is 23.9 Å². The van der Waals surface area contributed by atoms with Gasteiger partial charge in [0.2, 0.25) is 0 Å². The molecule has 2 fully saturated rings. The quantitative estimate of drug-likeness (QED) is 0.0954. The summed E-state index contributed by atoms with van der Waals surface area (Å²) >= 11 is 0. The highest BCUT2D eigenvalue weighted by atomic mass is 16.7. The fourth-order valence-electron chi connectivity index (χ4n) is 3.43. The van der Waals surface area contributed by atoms with E-state index < -0.39 is 98.5 Å². The number of aliphatic hydroxyl groups is 6. The molecule has 0 spiro atoms. The number of carboxylic acid groups (broad SMARTS) is 2. The third-order valence-corrected chi connectivity index (χ3v) is 5.16. The Balaban J connectivity index is 2.42. The maximum atomic E-state index is 12.2. The average molecular weight is 538 g/mol. The molecule has 0 saturated carbocycles. The number of carboxylic acids is 2. The molecule has 0 aliphatic carbocycles. The van der Waals surface area contributed by atoms with E-state index in [2.05, 4.69) is 0 Å². The molecule has 2 saturated heterocycles. The van der Waals surface area contributed by atoms with Gasteiger partial charge in [0.15, 0.2) is 24.8 Å². The second kappa shape index (κ2) is 13.5. The summed E-state index contributed by atoms with van der Waals surface area (Å²) in [6, 6.07) is 0. The standard InChI is InChI=1S/C20H26O17/c21-5-7-13(29)17(35-11(27)3-1-9(23)24)18(36-12(28)4-2-10(25)26)20(34-7)37-16-8(6-22)33-19(32)15(31)14(16)30/h1-4,7-8,13-22,29-32H,5-6H2,(H,23,24)(H,25,26)/b3-1+,4-2+/t7-,8-,13+,14-,15-,16-,17+,18-,19-,20+/m1/s1. The minimum Gasteiger partial charge on any atom is -0.478 e. The van der Waals surface area contributed by atoms with Crippen molar-refractivity contribution >= 4 is 23.9 Å². The van der Waals surface area contributed by atoms with Gasteiger partial charge in [-0.3, -0.25) is 0 Å². The Bertz CT molecular complexity index is 884. The highest BCUT2D eigenvalue weighted by molar-refractivity contribution is 5.91. The van der Waals surface area contributed by atoms with Crippen LogP contribution in [0, 0.1) is 0 Å². The Labute approximate surface area is 207 Å². The number of hydrogen-bond acceptors (Lipinski definition) is 15. The van der Waals surface area contributed by atoms with E-state index in [0.717, 1.165) is 0 Å². The van der Waals surface area contributed by atoms with Crippen LogP contribution in [0.15, 0.2) is 24.3 Å². The Hall–Kier alpha value is -3.00. The van der Waals surface area contributed by atoms with E-state index in [4.69, 9.17) is 33.9 Å². The number of ether oxygens (including phenoxy) is 5. The molecule has 0 radical (unpaired) electrons. The van der Waals surface area contributed by atoms with Crippen LogP contribution < -0.4 is 0 Å². The lowest BCUT2D eigenvalue weighted by molar-refractivity contribution is -0.355. The van der Waals surface area contributed by atoms with Gasteiger partial charge in [0, 0.05) is 24.3 Å². The Morgan fingerprint density at radius 3 is 1.65 bits per heavy atom. The van der Waals surface area contributed by atoms with Crippen molar-refractivity contribution in [3.05, 3.63) is 24.3 Å². The van der Waals surface area contributed by atoms with E-state index in [1.54, 1.807) is 0 Å². The summed E-state index contributed by atoms with van der Waals surface area (Å²) in [6.07, 6.45) is -16.6. The second-order valence-corrected chi connectivity index (χ2v) is 7.69. The number of aliphatic hydroxyl groups excluding tert-OH is 6. The van der Waals surface area contributed by atoms with Crippen molar-refractivity contribution in [2.45, 2.75) is 61.4 Å². The lowest BCUT2D eigenvalue weighted by atomic mass is 9.96. The Morgan fingerprint density at radius 2 is 1.16 bits per heavy atom. The summed E-state index contributed by atoms with van der Waals surface area (Å²) in [5.41, 5.74) is 0. The maximum absolute atomic E-state index is 12.2. The number of carbonyl (C=O) groups excluding carboxylic acids is 2. The van der Waals surface area contributed by atoms with Gasteiger partial charge in [-0.15, -0.1) is 0 Å². The lowest BCUT2D eigenvalue weighted by Crippen LogP contribution is -2.65. The molecule has 0 unspecified atom stereocenters. The van der Waals surface area contributed by atoms with Crippen LogP contribution in [-0.4, -0.2) is 139 Å². The largest absolute Gasteiger partial charge is 0.478 e. The molecule has 0 bridgehead atoms. The molecular weight excluding hydrogens is 512 g/mol. The predicted molar refractivity (Wildman–Crippen MR) is 110 cm³/mol. The maximum Gasteiger partial charge on any atom is 0.331 e. The highest BCUT2D eigenvalue weighted by Crippen LogP contribution is 2.31. The number of rotatable bonds is 10. The number of carbonyl (C=O) groups is 4. The molecule has 0 aromatic heterocycles. The highest BCUT2D eigenvalue weighted by Gasteiger charge is 2.53. The molecule has 8 N–H and O–H groups in total. The average Bonchev–Trinajstić information content (AvgIpc) is 2.84. The van der Waals surface area contributed by atoms with Crippen LogP contribution in [0.2, 0.25) is 0 Å². The minimum absolute atomic E-state index is 0.393. The fraction of sp³-hybridized carbons (Fsp3) is 0.600. The van der Waals surface area contributed by atoms with Crippen LogP contribution in [-0.2, 0) is 42.9 Å². The van der Waals surface area contributed by atoms with Crippen LogP contribution in [0.5, 0.6) is 0 Å². The van der Waals surface area contributed by atoms with Crippen molar-refractivity contribution in [3.63, 3.8) is 0 Å². The van der Waals surface area contributed by atoms with E-state index in [1.807, 2.05) is 0 Å². The molecule has 208 valence electrons. The molecular formula is C20H26O17. The van der Waals surface area contributed by atoms with Crippen LogP contribution >= 0.6 is 0 Å². The first kappa shape index (κ1) is 30.2. The molecule has 2 aliphatic heterocycles. The zero-order valence-electron chi connectivity index (χ0n) is 18.7. The van der Waals surface area contributed by atoms with Gasteiger partial charge < -0.3 is 64.5 Å². The third kappa shape index (κ3) is 7.99. The molecule has 2 rings (SSSR count). The molecule has 17 nitrogen and oxygen atoms in total. The summed E-state index contributed by atoms with van der Waals surface area (Å²) < 4.78 is 25.9. The smallest absolute Gasteiger partial charge is 0.331 e. The zero-order valence-corrected chi connectivity index (χ0v) is 18.7. The first-order valence-electron chi connectivity index (χ1n) is 10.5. The van der Waals surface area contributed by atoms with Crippen molar-refractivity contribution < 1.29 is 83.7 Å². The van der Waals surface area contributed by atoms with Gasteiger partial charge in [-0.1, -0.05) is 0 Å². The molecule has 37 heavy (non-hydrogen) atoms. The van der Waals surface area contributed by atoms with E-state index in [-0.39, 0.29) is 0 Å². The molecule has 10 atom stereocenters. The fourth-order valence-corrected chi connectivity index (χ4v) is 3.43. The van der Waals surface area contributed by atoms with Crippen LogP contribution in [0.4, 0.5) is 0 Å². The van der Waals surface area contributed by atoms with Crippen LogP contribution in [0.3, 0.4) is 0 Å². The number of aliphatic carboxylic acids is 2. The number of esters is 2. The van der Waals surface area contributed by atoms with Gasteiger partial charge in [-0.05, 0) is 0 Å². The molecule has 0 aromatic carbocycles. The van der Waals surface area contributed by atoms with Crippen molar-refractivity contribution in [3.8, 4) is 0 Å². The van der Waals surface area contributed by atoms with Gasteiger partial charge in [0.25, 0.3) is 0 Å². The van der Waals surface area contributed by atoms with Crippen molar-refractivity contribution in [2.75, 3.05) is 13.2 Å². The van der Waals surface area contributed by atoms with Crippen molar-refractivity contribution in [1.82, 2.24) is 0 Å². The van der Waals surface area contributed by atoms with Gasteiger partial charge in [-0.25, -0.2) is 19.2 Å². The normalized spacial score (nSPS) is 36.4. The van der Waals surface area contributed by atoms with Crippen LogP contribution in [0.1, 0.15) is 0 Å². The SMILES string of the molecule is O=C(O)/C=C/C(=O)O[C@H]1[C@H](O[C@H]2[C@H](O)[C@@H](O)[C@H](O)O[C@@H]2CO)O[C@H](CO)[C@H](O)[C@@H]1OC(=O)/C=C/C(=O)O. The zero-order chi connectivity index (χ0) is 27.9. The van der Waals surface area contributed by atoms with E-state index in [1.165, 1.54) is 0 Å². The van der Waals surface area contributed by atoms with Gasteiger partial charge in [0.05, 0.1) is 13.2 Å². The summed E-state index contributed by atoms with van der Waals surface area (Å²) in [6.45, 7) is -1.79. The third-order valence-electron chi connectivity index (χ3n) is 5.16. The number of hydrogen-bond donors (Lipinski definition) is 8. The first-order valence-corrected chi connectivity index (χ1v) is 10.5. The summed E-state index contributed by atoms with van der Waals surface area (Å²) in [5, 5.41) is 77.0. The lowest BCUT2D eigenvalue weighted by Gasteiger charge is -2.46. The van der Waals surface area contributed by atoms with E-state index in [0.29, 0.717) is 24.3 Å². The summed E-state index contributed by atoms with van der Waals surface area (Å²) in [7, 11) is 0. The molecule has 17 heteroatoms. The van der Waals surface area contributed by atoms with Gasteiger partial charge in [-0.2, -0.15) is 0 Å². The molecule has 2 aliphatic rings. The molecule has 0 amide bonds. The summed E-state index contributed by atoms with van der Waals surface area (Å²) in [4.78, 5) is 45.7. The Kier molecular flexibility index (Phi) is 11.0. The van der Waals surface area contributed by atoms with E-state index in [9.17, 15) is 49.8 Å². The first-order chi connectivity index (χ1) is 17.4. The van der Waals surface area contributed by atoms with Gasteiger partial charge in [0.1, 0.15) is 36.6 Å². The van der Waals surface area contributed by atoms with Crippen molar-refractivity contribution in [2.24, 2.45) is 0 Å². The predicted octanol–water partition coefficient (Wildman–Crippen LogP) is -5.01. The van der Waals surface area contributed by atoms with E-state index >= 15 is 0 Å². The minimum atomic E-state index is -1.96. The molecule has 2 heterocycles. The monoisotopic (exact) mass is 538 g/mol. The topological polar surface area (TPSA) is 276 Å². The van der Waals surface area contributed by atoms with Crippen LogP contribution in [0.25, 0.3) is 0 Å².